The topological polar surface area (TPSA) is 79.8 Å². The van der Waals surface area contributed by atoms with Crippen molar-refractivity contribution in [3.05, 3.63) is 29.7 Å². The van der Waals surface area contributed by atoms with Crippen molar-refractivity contribution >= 4 is 28.4 Å². The fraction of sp³-hybridized carbons (Fsp3) is 0.385. The Hall–Kier alpha value is -2.02. The van der Waals surface area contributed by atoms with Gasteiger partial charge in [-0.25, -0.2) is 9.97 Å². The van der Waals surface area contributed by atoms with E-state index < -0.39 is 0 Å². The fourth-order valence-electron chi connectivity index (χ4n) is 1.81. The van der Waals surface area contributed by atoms with Crippen LogP contribution in [-0.2, 0) is 6.42 Å². The number of hydrogen-bond donors (Lipinski definition) is 2. The van der Waals surface area contributed by atoms with Crippen molar-refractivity contribution in [2.45, 2.75) is 19.3 Å². The van der Waals surface area contributed by atoms with Crippen molar-refractivity contribution in [1.29, 1.82) is 0 Å². The van der Waals surface area contributed by atoms with Crippen LogP contribution in [0.15, 0.2) is 18.3 Å². The third-order valence-corrected chi connectivity index (χ3v) is 3.81. The van der Waals surface area contributed by atoms with Crippen LogP contribution < -0.4 is 10.6 Å². The fourth-order valence-corrected chi connectivity index (χ4v) is 2.40. The molecule has 104 valence electrons. The Bertz CT molecular complexity index is 605. The second-order valence-corrected chi connectivity index (χ2v) is 5.55. The van der Waals surface area contributed by atoms with Gasteiger partial charge < -0.3 is 5.32 Å². The van der Waals surface area contributed by atoms with Gasteiger partial charge in [-0.1, -0.05) is 0 Å². The highest BCUT2D eigenvalue weighted by atomic mass is 32.1. The quantitative estimate of drug-likeness (QED) is 0.882. The maximum atomic E-state index is 12.0. The minimum absolute atomic E-state index is 0.214. The molecule has 6 nitrogen and oxygen atoms in total. The number of pyridine rings is 1. The minimum atomic E-state index is -0.214. The zero-order valence-corrected chi connectivity index (χ0v) is 11.9. The minimum Gasteiger partial charge on any atom is -0.373 e. The zero-order chi connectivity index (χ0) is 13.9. The van der Waals surface area contributed by atoms with E-state index >= 15 is 0 Å². The second-order valence-electron chi connectivity index (χ2n) is 4.80. The number of anilines is 2. The molecule has 0 atom stereocenters. The molecule has 0 unspecified atom stereocenters. The van der Waals surface area contributed by atoms with Crippen LogP contribution >= 0.6 is 11.5 Å². The Morgan fingerprint density at radius 2 is 2.30 bits per heavy atom. The summed E-state index contributed by atoms with van der Waals surface area (Å²) in [6, 6.07) is 3.48. The largest absolute Gasteiger partial charge is 0.373 e. The van der Waals surface area contributed by atoms with Gasteiger partial charge in [-0.15, -0.1) is 0 Å². The number of rotatable bonds is 5. The highest BCUT2D eigenvalue weighted by Crippen LogP contribution is 2.32. The number of carbonyl (C=O) groups is 1. The molecule has 0 aliphatic heterocycles. The van der Waals surface area contributed by atoms with Crippen LogP contribution in [-0.4, -0.2) is 27.3 Å². The highest BCUT2D eigenvalue weighted by Gasteiger charge is 2.23. The van der Waals surface area contributed by atoms with E-state index in [1.165, 1.54) is 30.6 Å². The number of hydrogen-bond acceptors (Lipinski definition) is 6. The first-order valence-corrected chi connectivity index (χ1v) is 7.29. The Labute approximate surface area is 120 Å². The molecule has 1 fully saturated rings. The molecule has 2 aromatic rings. The van der Waals surface area contributed by atoms with Crippen LogP contribution in [0.5, 0.6) is 0 Å². The zero-order valence-electron chi connectivity index (χ0n) is 11.1. The molecule has 2 aromatic heterocycles. The first kappa shape index (κ1) is 13.0. The second kappa shape index (κ2) is 5.54. The monoisotopic (exact) mass is 289 g/mol. The van der Waals surface area contributed by atoms with E-state index in [2.05, 4.69) is 25.0 Å². The number of carbonyl (C=O) groups excluding carboxylic acids is 1. The average molecular weight is 289 g/mol. The van der Waals surface area contributed by atoms with Gasteiger partial charge in [0.2, 0.25) is 5.13 Å². The number of nitrogens with zero attached hydrogens (tertiary/aromatic N) is 3. The molecule has 1 aliphatic carbocycles. The molecule has 3 rings (SSSR count). The third kappa shape index (κ3) is 3.11. The summed E-state index contributed by atoms with van der Waals surface area (Å²) in [7, 11) is 1.78. The van der Waals surface area contributed by atoms with Crippen molar-refractivity contribution < 1.29 is 4.79 Å². The average Bonchev–Trinajstić information content (AvgIpc) is 3.18. The standard InChI is InChI=1S/C13H15N5OS/c1-14-10-5-4-9(7-15-10)12(19)17-13-16-11(18-20-13)6-8-2-3-8/h4-5,7-8H,2-3,6H2,1H3,(H,14,15)(H,16,17,18,19). The van der Waals surface area contributed by atoms with Crippen molar-refractivity contribution in [3.63, 3.8) is 0 Å². The van der Waals surface area contributed by atoms with Gasteiger partial charge in [0.15, 0.2) is 0 Å². The molecule has 1 amide bonds. The van der Waals surface area contributed by atoms with E-state index in [0.29, 0.717) is 10.7 Å². The summed E-state index contributed by atoms with van der Waals surface area (Å²) in [4.78, 5) is 20.5. The Morgan fingerprint density at radius 1 is 1.45 bits per heavy atom. The lowest BCUT2D eigenvalue weighted by Crippen LogP contribution is -2.12. The molecule has 0 aromatic carbocycles. The summed E-state index contributed by atoms with van der Waals surface area (Å²) < 4.78 is 4.26. The van der Waals surface area contributed by atoms with Gasteiger partial charge in [-0.2, -0.15) is 4.37 Å². The summed E-state index contributed by atoms with van der Waals surface area (Å²) >= 11 is 1.22. The summed E-state index contributed by atoms with van der Waals surface area (Å²) in [6.07, 6.45) is 4.99. The molecule has 0 radical (unpaired) electrons. The van der Waals surface area contributed by atoms with Crippen LogP contribution in [0.25, 0.3) is 0 Å². The van der Waals surface area contributed by atoms with E-state index in [4.69, 9.17) is 0 Å². The van der Waals surface area contributed by atoms with Crippen molar-refractivity contribution in [2.75, 3.05) is 17.7 Å². The molecule has 0 spiro atoms. The molecule has 20 heavy (non-hydrogen) atoms. The van der Waals surface area contributed by atoms with Gasteiger partial charge >= 0.3 is 0 Å². The maximum Gasteiger partial charge on any atom is 0.259 e. The molecule has 1 aliphatic rings. The molecular weight excluding hydrogens is 274 g/mol. The first-order valence-electron chi connectivity index (χ1n) is 6.52. The smallest absolute Gasteiger partial charge is 0.259 e. The summed E-state index contributed by atoms with van der Waals surface area (Å²) in [6.45, 7) is 0. The molecule has 1 saturated carbocycles. The van der Waals surface area contributed by atoms with Gasteiger partial charge in [0, 0.05) is 31.2 Å². The van der Waals surface area contributed by atoms with E-state index in [-0.39, 0.29) is 5.91 Å². The van der Waals surface area contributed by atoms with E-state index in [0.717, 1.165) is 24.0 Å². The predicted molar refractivity (Wildman–Crippen MR) is 78.1 cm³/mol. The molecule has 2 heterocycles. The molecular formula is C13H15N5OS. The summed E-state index contributed by atoms with van der Waals surface area (Å²) in [5.74, 6) is 2.08. The van der Waals surface area contributed by atoms with Crippen LogP contribution in [0.2, 0.25) is 0 Å². The van der Waals surface area contributed by atoms with Crippen molar-refractivity contribution in [1.82, 2.24) is 14.3 Å². The van der Waals surface area contributed by atoms with Crippen LogP contribution in [0.3, 0.4) is 0 Å². The lowest BCUT2D eigenvalue weighted by atomic mass is 10.2. The predicted octanol–water partition coefficient (Wildman–Crippen LogP) is 2.18. The van der Waals surface area contributed by atoms with Crippen molar-refractivity contribution in [3.8, 4) is 0 Å². The van der Waals surface area contributed by atoms with Crippen LogP contribution in [0.1, 0.15) is 29.0 Å². The highest BCUT2D eigenvalue weighted by molar-refractivity contribution is 7.09. The Balaban J connectivity index is 1.63. The van der Waals surface area contributed by atoms with E-state index in [1.807, 2.05) is 0 Å². The summed E-state index contributed by atoms with van der Waals surface area (Å²) in [5.41, 5.74) is 0.503. The summed E-state index contributed by atoms with van der Waals surface area (Å²) in [5, 5.41) is 6.21. The molecule has 0 saturated heterocycles. The molecule has 2 N–H and O–H groups in total. The Morgan fingerprint density at radius 3 is 2.95 bits per heavy atom. The van der Waals surface area contributed by atoms with Gasteiger partial charge in [0.05, 0.1) is 5.56 Å². The lowest BCUT2D eigenvalue weighted by molar-refractivity contribution is 0.102. The normalized spacial score (nSPS) is 14.1. The van der Waals surface area contributed by atoms with Crippen molar-refractivity contribution in [2.24, 2.45) is 5.92 Å². The van der Waals surface area contributed by atoms with E-state index in [1.54, 1.807) is 19.2 Å². The van der Waals surface area contributed by atoms with Gasteiger partial charge in [-0.05, 0) is 30.9 Å². The number of amides is 1. The van der Waals surface area contributed by atoms with E-state index in [9.17, 15) is 4.79 Å². The van der Waals surface area contributed by atoms with Gasteiger partial charge in [0.1, 0.15) is 11.6 Å². The first-order chi connectivity index (χ1) is 9.74. The van der Waals surface area contributed by atoms with Gasteiger partial charge in [0.25, 0.3) is 5.91 Å². The third-order valence-electron chi connectivity index (χ3n) is 3.14. The molecule has 7 heteroatoms. The lowest BCUT2D eigenvalue weighted by Gasteiger charge is -2.02. The number of aromatic nitrogens is 3. The molecule has 0 bridgehead atoms. The van der Waals surface area contributed by atoms with Gasteiger partial charge in [-0.3, -0.25) is 10.1 Å². The number of nitrogens with one attached hydrogen (secondary N) is 2. The van der Waals surface area contributed by atoms with Crippen LogP contribution in [0, 0.1) is 5.92 Å². The maximum absolute atomic E-state index is 12.0. The Kier molecular flexibility index (Phi) is 3.60. The van der Waals surface area contributed by atoms with Crippen LogP contribution in [0.4, 0.5) is 10.9 Å². The SMILES string of the molecule is CNc1ccc(C(=O)Nc2nc(CC3CC3)ns2)cn1.